The second-order valence-corrected chi connectivity index (χ2v) is 27.4. The number of aliphatic hydroxyl groups excluding tert-OH is 5. The Labute approximate surface area is 604 Å². The minimum Gasteiger partial charge on any atom is -0.508 e. The molecule has 38 heteroatoms. The molecule has 12 amide bonds. The van der Waals surface area contributed by atoms with Crippen molar-refractivity contribution in [2.24, 2.45) is 74.0 Å². The van der Waals surface area contributed by atoms with E-state index in [1.165, 1.54) is 66.1 Å². The van der Waals surface area contributed by atoms with Gasteiger partial charge in [0.15, 0.2) is 24.1 Å². The van der Waals surface area contributed by atoms with Crippen molar-refractivity contribution in [2.75, 3.05) is 27.2 Å². The van der Waals surface area contributed by atoms with Gasteiger partial charge >= 0.3 is 5.97 Å². The highest BCUT2D eigenvalue weighted by Crippen LogP contribution is 2.30. The Bertz CT molecular complexity index is 3170. The Kier molecular flexibility index (Phi) is 37.4. The first-order valence-corrected chi connectivity index (χ1v) is 34.4. The number of guanidine groups is 2. The molecule has 26 N–H and O–H groups in total. The Morgan fingerprint density at radius 3 is 1.57 bits per heavy atom. The number of hydrogen-bond donors (Lipinski definition) is 20. The number of primary amides is 2. The zero-order valence-corrected chi connectivity index (χ0v) is 61.4. The minimum atomic E-state index is -2.49. The lowest BCUT2D eigenvalue weighted by Crippen LogP contribution is -2.64. The summed E-state index contributed by atoms with van der Waals surface area (Å²) < 4.78 is 5.72. The molecular weight excluding hydrogens is 1360 g/mol. The number of nitrogens with one attached hydrogen (secondary N) is 8. The summed E-state index contributed by atoms with van der Waals surface area (Å²) in [6, 6.07) is -11.2. The minimum absolute atomic E-state index is 0.0262. The maximum atomic E-state index is 14.8. The largest absolute Gasteiger partial charge is 0.508 e. The number of aliphatic hydroxyl groups is 5. The number of aromatic hydroxyl groups is 1. The molecule has 586 valence electrons. The maximum Gasteiger partial charge on any atom is 0.329 e. The zero-order chi connectivity index (χ0) is 79.5. The molecule has 2 rings (SSSR count). The molecule has 1 saturated heterocycles. The highest BCUT2D eigenvalue weighted by Gasteiger charge is 2.46. The van der Waals surface area contributed by atoms with Gasteiger partial charge in [0.1, 0.15) is 66.2 Å². The van der Waals surface area contributed by atoms with Crippen LogP contribution in [0.4, 0.5) is 0 Å². The molecular formula is C66H112N18O20. The fourth-order valence-corrected chi connectivity index (χ4v) is 11.4. The van der Waals surface area contributed by atoms with Crippen LogP contribution in [-0.4, -0.2) is 247 Å². The molecule has 0 radical (unpaired) electrons. The second-order valence-electron chi connectivity index (χ2n) is 27.4. The van der Waals surface area contributed by atoms with E-state index in [4.69, 9.17) is 39.1 Å². The van der Waals surface area contributed by atoms with Crippen LogP contribution in [0, 0.1) is 29.6 Å². The third-order valence-corrected chi connectivity index (χ3v) is 17.5. The first-order valence-electron chi connectivity index (χ1n) is 34.4. The summed E-state index contributed by atoms with van der Waals surface area (Å²) in [6.07, 6.45) is -12.6. The third kappa shape index (κ3) is 29.0. The second kappa shape index (κ2) is 42.9. The molecule has 0 bridgehead atoms. The predicted molar refractivity (Wildman–Crippen MR) is 377 cm³/mol. The molecule has 104 heavy (non-hydrogen) atoms. The topological polar surface area (TPSA) is 636 Å². The van der Waals surface area contributed by atoms with Crippen LogP contribution in [0.3, 0.4) is 0 Å². The Morgan fingerprint density at radius 2 is 1.07 bits per heavy atom. The molecule has 1 fully saturated rings. The van der Waals surface area contributed by atoms with Gasteiger partial charge in [-0.3, -0.25) is 67.5 Å². The summed E-state index contributed by atoms with van der Waals surface area (Å²) in [7, 11) is 2.48. The van der Waals surface area contributed by atoms with Crippen LogP contribution < -0.4 is 76.9 Å². The summed E-state index contributed by atoms with van der Waals surface area (Å²) in [4.78, 5) is 189. The maximum absolute atomic E-state index is 14.8. The standard InChI is InChI=1S/C66H112N18O20/c1-29(2)26-32(6)50(90)33(7)54(93)75-34(8)55(94)76-40(16-14-24-73-65(69)70)51(91)52(92)61(100)79-46(31(5)28-45(68)89)58(97)80-48(37(11)86)60(99)81-47(36(10)85)59(98)77-41(17-15-25-74-66(71)72)56(95)78-42(27-30(3)4)62(101)84(13)43(22-23-44(67)88)57(96)82-49-53(38-18-20-39(87)21-19-38)104-64(103)35(9)83(12)63(49)102/h18-21,29-37,40-43,46-53,85-87,90-92H,14-17,22-28H2,1-13H3,(H2,67,88)(H2,68,89)(H,75,93)(H,76,94)(H,77,98)(H,78,95)(H,79,100)(H,80,97)(H,81,99)(H,82,96)(H4,69,70,73)(H4,71,72,74). The van der Waals surface area contributed by atoms with Crippen molar-refractivity contribution in [3.63, 3.8) is 0 Å². The number of phenols is 1. The first-order chi connectivity index (χ1) is 48.3. The molecule has 1 aliphatic heterocycles. The van der Waals surface area contributed by atoms with Crippen molar-refractivity contribution in [3.8, 4) is 5.75 Å². The molecule has 1 heterocycles. The number of cyclic esters (lactones) is 1. The number of carbonyl (C=O) groups is 13. The van der Waals surface area contributed by atoms with Crippen LogP contribution in [0.1, 0.15) is 146 Å². The number of rotatable bonds is 43. The SMILES string of the molecule is CC(C)CC(NC(=O)C(CCCN=C(N)N)NC(=O)C(NC(=O)C(NC(=O)C(NC(=O)C(O)C(O)C(CCCN=C(N)N)NC(=O)C(C)NC(=O)C(C)C(O)C(C)CC(C)C)C(C)CC(N)=O)C(C)O)C(C)O)C(=O)N(C)C(CCC(N)=O)C(=O)NC1C(=O)N(C)C(C)C(=O)OC1c1ccc(O)cc1. The molecule has 19 atom stereocenters. The lowest BCUT2D eigenvalue weighted by Gasteiger charge is -2.34. The van der Waals surface area contributed by atoms with Crippen molar-refractivity contribution < 1.29 is 97.7 Å². The van der Waals surface area contributed by atoms with Crippen molar-refractivity contribution >= 4 is 88.8 Å². The summed E-state index contributed by atoms with van der Waals surface area (Å²) in [5.41, 5.74) is 33.2. The van der Waals surface area contributed by atoms with Crippen LogP contribution in [0.2, 0.25) is 0 Å². The van der Waals surface area contributed by atoms with Crippen molar-refractivity contribution in [2.45, 2.75) is 231 Å². The summed E-state index contributed by atoms with van der Waals surface area (Å²) in [6.45, 7) is 16.4. The van der Waals surface area contributed by atoms with E-state index < -0.39 is 211 Å². The van der Waals surface area contributed by atoms with Crippen LogP contribution in [0.15, 0.2) is 34.3 Å². The number of phenolic OH excluding ortho intramolecular Hbond substituents is 1. The van der Waals surface area contributed by atoms with Gasteiger partial charge in [0.25, 0.3) is 5.91 Å². The van der Waals surface area contributed by atoms with E-state index in [1.54, 1.807) is 20.8 Å². The lowest BCUT2D eigenvalue weighted by atomic mass is 9.87. The number of esters is 1. The first kappa shape index (κ1) is 90.6. The Hall–Kier alpha value is -9.53. The average Bonchev–Trinajstić information content (AvgIpc) is 1.59. The molecule has 0 saturated carbocycles. The number of ether oxygens (including phenoxy) is 1. The Morgan fingerprint density at radius 1 is 0.567 bits per heavy atom. The van der Waals surface area contributed by atoms with Gasteiger partial charge in [0, 0.05) is 40.0 Å². The fraction of sp³-hybridized carbons (Fsp3) is 0.682. The zero-order valence-electron chi connectivity index (χ0n) is 61.4. The number of hydrogen-bond acceptors (Lipinski definition) is 22. The number of nitrogens with two attached hydrogens (primary N) is 6. The fourth-order valence-electron chi connectivity index (χ4n) is 11.4. The van der Waals surface area contributed by atoms with E-state index in [2.05, 4.69) is 52.5 Å². The monoisotopic (exact) mass is 1480 g/mol. The predicted octanol–water partition coefficient (Wildman–Crippen LogP) is -6.34. The van der Waals surface area contributed by atoms with Crippen molar-refractivity contribution in [1.29, 1.82) is 0 Å². The van der Waals surface area contributed by atoms with Gasteiger partial charge in [-0.15, -0.1) is 0 Å². The number of amides is 12. The van der Waals surface area contributed by atoms with Gasteiger partial charge in [-0.1, -0.05) is 60.6 Å². The highest BCUT2D eigenvalue weighted by atomic mass is 16.5. The van der Waals surface area contributed by atoms with Gasteiger partial charge < -0.3 is 122 Å². The molecule has 1 aromatic carbocycles. The van der Waals surface area contributed by atoms with Crippen LogP contribution in [-0.2, 0) is 67.1 Å². The van der Waals surface area contributed by atoms with E-state index in [1.807, 2.05) is 13.8 Å². The van der Waals surface area contributed by atoms with Gasteiger partial charge in [0.2, 0.25) is 65.0 Å². The number of carbonyl (C=O) groups excluding carboxylic acids is 13. The number of likely N-dealkylation sites (N-methyl/N-ethyl adjacent to an activating group) is 2. The van der Waals surface area contributed by atoms with E-state index >= 15 is 0 Å². The summed E-state index contributed by atoms with van der Waals surface area (Å²) in [5.74, 6) is -17.1. The third-order valence-electron chi connectivity index (χ3n) is 17.5. The van der Waals surface area contributed by atoms with Gasteiger partial charge in [-0.25, -0.2) is 4.79 Å². The van der Waals surface area contributed by atoms with Gasteiger partial charge in [-0.05, 0) is 114 Å². The van der Waals surface area contributed by atoms with E-state index in [0.29, 0.717) is 6.42 Å². The molecule has 0 aliphatic carbocycles. The van der Waals surface area contributed by atoms with Crippen molar-refractivity contribution in [1.82, 2.24) is 52.3 Å². The lowest BCUT2D eigenvalue weighted by molar-refractivity contribution is -0.153. The van der Waals surface area contributed by atoms with Gasteiger partial charge in [0.05, 0.1) is 30.3 Å². The smallest absolute Gasteiger partial charge is 0.329 e. The number of benzene rings is 1. The van der Waals surface area contributed by atoms with Crippen LogP contribution in [0.25, 0.3) is 0 Å². The van der Waals surface area contributed by atoms with Crippen LogP contribution >= 0.6 is 0 Å². The summed E-state index contributed by atoms with van der Waals surface area (Å²) in [5, 5.41) is 85.2. The molecule has 0 spiro atoms. The van der Waals surface area contributed by atoms with E-state index in [-0.39, 0.29) is 80.3 Å². The Balaban J connectivity index is 2.55. The number of nitrogens with zero attached hydrogens (tertiary/aromatic N) is 4. The van der Waals surface area contributed by atoms with Gasteiger partial charge in [-0.2, -0.15) is 0 Å². The summed E-state index contributed by atoms with van der Waals surface area (Å²) >= 11 is 0. The van der Waals surface area contributed by atoms with E-state index in [0.717, 1.165) is 23.6 Å². The quantitative estimate of drug-likeness (QED) is 0.0125. The van der Waals surface area contributed by atoms with Crippen molar-refractivity contribution in [3.05, 3.63) is 29.8 Å². The normalized spacial score (nSPS) is 19.2. The average molecular weight is 1480 g/mol. The molecule has 38 nitrogen and oxygen atoms in total. The van der Waals surface area contributed by atoms with Crippen LogP contribution in [0.5, 0.6) is 5.75 Å². The molecule has 1 aliphatic rings. The molecule has 19 unspecified atom stereocenters. The van der Waals surface area contributed by atoms with E-state index in [9.17, 15) is 93.0 Å². The number of aliphatic imine (C=N–C) groups is 2. The highest BCUT2D eigenvalue weighted by molar-refractivity contribution is 5.99. The molecule has 0 aromatic heterocycles. The molecule has 1 aromatic rings.